The van der Waals surface area contributed by atoms with Crippen molar-refractivity contribution in [2.75, 3.05) is 20.3 Å². The fraction of sp³-hybridized carbons (Fsp3) is 0.833. The molecule has 0 aromatic heterocycles. The average molecular weight is 198 g/mol. The average Bonchev–Trinajstić information content (AvgIpc) is 2.17. The van der Waals surface area contributed by atoms with Gasteiger partial charge in [0.15, 0.2) is 0 Å². The van der Waals surface area contributed by atoms with Gasteiger partial charge >= 0.3 is 0 Å². The molecule has 0 aliphatic carbocycles. The van der Waals surface area contributed by atoms with E-state index in [1.165, 1.54) is 5.57 Å². The van der Waals surface area contributed by atoms with Gasteiger partial charge in [-0.05, 0) is 25.2 Å². The molecule has 1 aliphatic heterocycles. The molecular weight excluding hydrogens is 176 g/mol. The van der Waals surface area contributed by atoms with Crippen molar-refractivity contribution in [1.82, 2.24) is 0 Å². The van der Waals surface area contributed by atoms with Crippen LogP contribution in [-0.2, 0) is 9.47 Å². The zero-order valence-corrected chi connectivity index (χ0v) is 9.58. The van der Waals surface area contributed by atoms with Gasteiger partial charge in [-0.2, -0.15) is 0 Å². The summed E-state index contributed by atoms with van der Waals surface area (Å²) < 4.78 is 10.8. The Bertz CT molecular complexity index is 185. The van der Waals surface area contributed by atoms with Crippen molar-refractivity contribution in [1.29, 1.82) is 0 Å². The normalized spacial score (nSPS) is 19.6. The molecule has 0 saturated heterocycles. The first-order chi connectivity index (χ1) is 6.72. The predicted octanol–water partition coefficient (Wildman–Crippen LogP) is 2.78. The minimum atomic E-state index is 0.388. The number of ether oxygens (including phenoxy) is 2. The smallest absolute Gasteiger partial charge is 0.0650 e. The van der Waals surface area contributed by atoms with Crippen molar-refractivity contribution < 1.29 is 9.47 Å². The summed E-state index contributed by atoms with van der Waals surface area (Å²) in [6.45, 7) is 6.14. The topological polar surface area (TPSA) is 18.5 Å². The molecule has 2 nitrogen and oxygen atoms in total. The molecule has 14 heavy (non-hydrogen) atoms. The van der Waals surface area contributed by atoms with Crippen LogP contribution in [0.25, 0.3) is 0 Å². The minimum Gasteiger partial charge on any atom is -0.381 e. The van der Waals surface area contributed by atoms with Crippen LogP contribution in [0.2, 0.25) is 0 Å². The summed E-state index contributed by atoms with van der Waals surface area (Å²) in [4.78, 5) is 0. The molecule has 0 radical (unpaired) electrons. The molecule has 2 heteroatoms. The third-order valence-corrected chi connectivity index (χ3v) is 2.61. The second-order valence-electron chi connectivity index (χ2n) is 4.38. The molecule has 1 heterocycles. The van der Waals surface area contributed by atoms with Crippen molar-refractivity contribution in [2.45, 2.75) is 39.2 Å². The summed E-state index contributed by atoms with van der Waals surface area (Å²) in [7, 11) is 1.81. The summed E-state index contributed by atoms with van der Waals surface area (Å²) in [6, 6.07) is 0. The molecule has 0 aromatic carbocycles. The highest BCUT2D eigenvalue weighted by atomic mass is 16.5. The fourth-order valence-corrected chi connectivity index (χ4v) is 1.83. The van der Waals surface area contributed by atoms with E-state index in [0.29, 0.717) is 12.0 Å². The summed E-state index contributed by atoms with van der Waals surface area (Å²) in [6.07, 6.45) is 5.90. The summed E-state index contributed by atoms with van der Waals surface area (Å²) in [5.41, 5.74) is 1.50. The third-order valence-electron chi connectivity index (χ3n) is 2.61. The quantitative estimate of drug-likeness (QED) is 0.632. The SMILES string of the molecule is COC(CC1=CCOCC1)CC(C)C. The van der Waals surface area contributed by atoms with Crippen molar-refractivity contribution in [3.05, 3.63) is 11.6 Å². The van der Waals surface area contributed by atoms with Gasteiger partial charge in [-0.3, -0.25) is 0 Å². The Morgan fingerprint density at radius 3 is 2.79 bits per heavy atom. The molecule has 1 atom stereocenters. The maximum absolute atomic E-state index is 5.48. The predicted molar refractivity (Wildman–Crippen MR) is 58.4 cm³/mol. The molecule has 0 N–H and O–H groups in total. The van der Waals surface area contributed by atoms with Crippen molar-refractivity contribution in [3.63, 3.8) is 0 Å². The zero-order chi connectivity index (χ0) is 10.4. The lowest BCUT2D eigenvalue weighted by Crippen LogP contribution is -2.16. The van der Waals surface area contributed by atoms with Gasteiger partial charge < -0.3 is 9.47 Å². The second kappa shape index (κ2) is 6.20. The lowest BCUT2D eigenvalue weighted by molar-refractivity contribution is 0.0802. The van der Waals surface area contributed by atoms with E-state index in [1.54, 1.807) is 0 Å². The first-order valence-electron chi connectivity index (χ1n) is 5.50. The van der Waals surface area contributed by atoms with E-state index < -0.39 is 0 Å². The Hall–Kier alpha value is -0.340. The number of hydrogen-bond donors (Lipinski definition) is 0. The van der Waals surface area contributed by atoms with Gasteiger partial charge in [-0.1, -0.05) is 25.5 Å². The minimum absolute atomic E-state index is 0.388. The van der Waals surface area contributed by atoms with E-state index in [-0.39, 0.29) is 0 Å². The van der Waals surface area contributed by atoms with E-state index in [2.05, 4.69) is 19.9 Å². The van der Waals surface area contributed by atoms with Crippen LogP contribution in [0.1, 0.15) is 33.1 Å². The van der Waals surface area contributed by atoms with Crippen LogP contribution in [0.3, 0.4) is 0 Å². The maximum Gasteiger partial charge on any atom is 0.0650 e. The van der Waals surface area contributed by atoms with Crippen LogP contribution in [0.4, 0.5) is 0 Å². The van der Waals surface area contributed by atoms with Gasteiger partial charge in [0.1, 0.15) is 0 Å². The summed E-state index contributed by atoms with van der Waals surface area (Å²) in [5.74, 6) is 0.709. The molecule has 0 spiro atoms. The van der Waals surface area contributed by atoms with Gasteiger partial charge in [0.2, 0.25) is 0 Å². The number of rotatable bonds is 5. The van der Waals surface area contributed by atoms with Crippen LogP contribution < -0.4 is 0 Å². The molecular formula is C12H22O2. The van der Waals surface area contributed by atoms with Crippen molar-refractivity contribution in [3.8, 4) is 0 Å². The fourth-order valence-electron chi connectivity index (χ4n) is 1.83. The van der Waals surface area contributed by atoms with Gasteiger partial charge in [0, 0.05) is 7.11 Å². The Balaban J connectivity index is 2.35. The van der Waals surface area contributed by atoms with E-state index in [9.17, 15) is 0 Å². The van der Waals surface area contributed by atoms with E-state index in [1.807, 2.05) is 7.11 Å². The molecule has 82 valence electrons. The lowest BCUT2D eigenvalue weighted by atomic mass is 9.97. The van der Waals surface area contributed by atoms with Crippen molar-refractivity contribution in [2.24, 2.45) is 5.92 Å². The largest absolute Gasteiger partial charge is 0.381 e. The van der Waals surface area contributed by atoms with E-state index in [0.717, 1.165) is 32.5 Å². The lowest BCUT2D eigenvalue weighted by Gasteiger charge is -2.21. The highest BCUT2D eigenvalue weighted by molar-refractivity contribution is 5.06. The third kappa shape index (κ3) is 4.25. The molecule has 1 unspecified atom stereocenters. The zero-order valence-electron chi connectivity index (χ0n) is 9.58. The number of methoxy groups -OCH3 is 1. The Morgan fingerprint density at radius 2 is 2.29 bits per heavy atom. The first-order valence-corrected chi connectivity index (χ1v) is 5.50. The first kappa shape index (κ1) is 11.7. The Labute approximate surface area is 87.3 Å². The van der Waals surface area contributed by atoms with Crippen LogP contribution in [0.15, 0.2) is 11.6 Å². The standard InChI is InChI=1S/C12H22O2/c1-10(2)8-12(13-3)9-11-4-6-14-7-5-11/h4,10,12H,5-9H2,1-3H3. The van der Waals surface area contributed by atoms with Gasteiger partial charge in [0.25, 0.3) is 0 Å². The molecule has 1 aliphatic rings. The molecule has 0 aromatic rings. The molecule has 0 amide bonds. The summed E-state index contributed by atoms with van der Waals surface area (Å²) in [5, 5.41) is 0. The molecule has 0 fully saturated rings. The van der Waals surface area contributed by atoms with Crippen molar-refractivity contribution >= 4 is 0 Å². The van der Waals surface area contributed by atoms with E-state index in [4.69, 9.17) is 9.47 Å². The van der Waals surface area contributed by atoms with Crippen LogP contribution in [-0.4, -0.2) is 26.4 Å². The van der Waals surface area contributed by atoms with Gasteiger partial charge in [-0.25, -0.2) is 0 Å². The Morgan fingerprint density at radius 1 is 1.50 bits per heavy atom. The van der Waals surface area contributed by atoms with E-state index >= 15 is 0 Å². The molecule has 0 bridgehead atoms. The van der Waals surface area contributed by atoms with Gasteiger partial charge in [-0.15, -0.1) is 0 Å². The van der Waals surface area contributed by atoms with Crippen LogP contribution in [0, 0.1) is 5.92 Å². The van der Waals surface area contributed by atoms with Gasteiger partial charge in [0.05, 0.1) is 19.3 Å². The maximum atomic E-state index is 5.48. The monoisotopic (exact) mass is 198 g/mol. The van der Waals surface area contributed by atoms with Crippen LogP contribution in [0.5, 0.6) is 0 Å². The second-order valence-corrected chi connectivity index (χ2v) is 4.38. The molecule has 0 saturated carbocycles. The summed E-state index contributed by atoms with van der Waals surface area (Å²) >= 11 is 0. The highest BCUT2D eigenvalue weighted by Crippen LogP contribution is 2.19. The Kier molecular flexibility index (Phi) is 5.20. The van der Waals surface area contributed by atoms with Crippen LogP contribution >= 0.6 is 0 Å². The number of hydrogen-bond acceptors (Lipinski definition) is 2. The molecule has 1 rings (SSSR count). The highest BCUT2D eigenvalue weighted by Gasteiger charge is 2.13.